The molecule has 13 heavy (non-hydrogen) atoms. The largest absolute Gasteiger partial charge is 0.319 e. The highest BCUT2D eigenvalue weighted by molar-refractivity contribution is 8.14. The molecule has 0 aromatic heterocycles. The second-order valence-corrected chi connectivity index (χ2v) is 4.46. The van der Waals surface area contributed by atoms with Gasteiger partial charge in [-0.3, -0.25) is 4.72 Å². The fourth-order valence-corrected chi connectivity index (χ4v) is 1.38. The fraction of sp³-hybridized carbons (Fsp3) is 0. The molecule has 0 spiro atoms. The highest BCUT2D eigenvalue weighted by Gasteiger charge is 2.09. The minimum absolute atomic E-state index is 0.392. The Kier molecular flexibility index (Phi) is 2.72. The van der Waals surface area contributed by atoms with Gasteiger partial charge in [0, 0.05) is 16.7 Å². The second kappa shape index (κ2) is 3.47. The molecule has 0 heterocycles. The molecule has 1 rings (SSSR count). The average Bonchev–Trinajstić information content (AvgIpc) is 1.93. The van der Waals surface area contributed by atoms with Gasteiger partial charge in [-0.25, -0.2) is 8.78 Å². The van der Waals surface area contributed by atoms with E-state index in [0.717, 1.165) is 12.1 Å². The van der Waals surface area contributed by atoms with Crippen molar-refractivity contribution in [2.24, 2.45) is 0 Å². The monoisotopic (exact) mass is 227 g/mol. The van der Waals surface area contributed by atoms with Gasteiger partial charge in [-0.2, -0.15) is 8.42 Å². The molecule has 1 aromatic carbocycles. The molecule has 0 amide bonds. The normalized spacial score (nSPS) is 11.3. The van der Waals surface area contributed by atoms with Gasteiger partial charge in [0.2, 0.25) is 0 Å². The van der Waals surface area contributed by atoms with E-state index in [4.69, 9.17) is 10.7 Å². The highest BCUT2D eigenvalue weighted by Crippen LogP contribution is 2.17. The summed E-state index contributed by atoms with van der Waals surface area (Å²) in [6.07, 6.45) is 0. The van der Waals surface area contributed by atoms with Gasteiger partial charge in [0.05, 0.1) is 5.69 Å². The maximum absolute atomic E-state index is 12.8. The van der Waals surface area contributed by atoms with Crippen LogP contribution in [0.15, 0.2) is 18.2 Å². The third-order valence-electron chi connectivity index (χ3n) is 1.16. The van der Waals surface area contributed by atoms with Gasteiger partial charge in [0.25, 0.3) is 0 Å². The number of benzene rings is 1. The summed E-state index contributed by atoms with van der Waals surface area (Å²) in [5, 5.41) is 0. The zero-order chi connectivity index (χ0) is 10.1. The second-order valence-electron chi connectivity index (χ2n) is 2.16. The zero-order valence-corrected chi connectivity index (χ0v) is 7.66. The minimum Gasteiger partial charge on any atom is -0.268 e. The number of nitrogens with one attached hydrogen (secondary N) is 1. The van der Waals surface area contributed by atoms with E-state index in [1.165, 1.54) is 0 Å². The molecule has 0 aliphatic rings. The number of hydrogen-bond acceptors (Lipinski definition) is 2. The third-order valence-corrected chi connectivity index (χ3v) is 1.86. The lowest BCUT2D eigenvalue weighted by Crippen LogP contribution is -2.05. The molecule has 0 saturated heterocycles. The van der Waals surface area contributed by atoms with Crippen molar-refractivity contribution in [3.63, 3.8) is 0 Å². The van der Waals surface area contributed by atoms with Crippen LogP contribution >= 0.6 is 10.7 Å². The van der Waals surface area contributed by atoms with Gasteiger partial charge < -0.3 is 0 Å². The summed E-state index contributed by atoms with van der Waals surface area (Å²) in [5.74, 6) is -1.82. The maximum Gasteiger partial charge on any atom is 0.319 e. The molecule has 0 bridgehead atoms. The van der Waals surface area contributed by atoms with Gasteiger partial charge in [-0.05, 0) is 12.1 Å². The first-order chi connectivity index (χ1) is 5.88. The van der Waals surface area contributed by atoms with E-state index in [9.17, 15) is 17.2 Å². The zero-order valence-electron chi connectivity index (χ0n) is 6.09. The number of anilines is 1. The van der Waals surface area contributed by atoms with Crippen LogP contribution in [0.2, 0.25) is 0 Å². The summed E-state index contributed by atoms with van der Waals surface area (Å²) in [6.45, 7) is 0. The van der Waals surface area contributed by atoms with Crippen LogP contribution in [0.5, 0.6) is 0 Å². The molecule has 0 saturated carbocycles. The lowest BCUT2D eigenvalue weighted by molar-refractivity contribution is 0.584. The standard InChI is InChI=1S/C6H4ClF2NO2S/c7-13(11,12)10-6-2-1-4(8)3-5(6)9/h1-3,10H. The van der Waals surface area contributed by atoms with Crippen molar-refractivity contribution < 1.29 is 17.2 Å². The Morgan fingerprint density at radius 1 is 1.31 bits per heavy atom. The van der Waals surface area contributed by atoms with Crippen LogP contribution < -0.4 is 4.72 Å². The third kappa shape index (κ3) is 3.16. The Morgan fingerprint density at radius 3 is 2.38 bits per heavy atom. The molecule has 1 aromatic rings. The van der Waals surface area contributed by atoms with Crippen LogP contribution in [0.3, 0.4) is 0 Å². The quantitative estimate of drug-likeness (QED) is 0.784. The SMILES string of the molecule is O=S(=O)(Cl)Nc1ccc(F)cc1F. The van der Waals surface area contributed by atoms with Crippen LogP contribution in [0.4, 0.5) is 14.5 Å². The summed E-state index contributed by atoms with van der Waals surface area (Å²) in [5.41, 5.74) is -0.392. The van der Waals surface area contributed by atoms with E-state index in [0.29, 0.717) is 6.07 Å². The summed E-state index contributed by atoms with van der Waals surface area (Å²) in [7, 11) is 0.727. The van der Waals surface area contributed by atoms with Gasteiger partial charge in [0.15, 0.2) is 0 Å². The maximum atomic E-state index is 12.8. The molecule has 72 valence electrons. The van der Waals surface area contributed by atoms with E-state index in [1.54, 1.807) is 4.72 Å². The average molecular weight is 228 g/mol. The first-order valence-corrected chi connectivity index (χ1v) is 5.37. The van der Waals surface area contributed by atoms with Crippen molar-refractivity contribution >= 4 is 25.6 Å². The number of halogens is 3. The molecule has 7 heteroatoms. The van der Waals surface area contributed by atoms with Crippen molar-refractivity contribution in [1.82, 2.24) is 0 Å². The van der Waals surface area contributed by atoms with Gasteiger partial charge in [-0.15, -0.1) is 0 Å². The smallest absolute Gasteiger partial charge is 0.268 e. The van der Waals surface area contributed by atoms with Crippen molar-refractivity contribution in [1.29, 1.82) is 0 Å². The summed E-state index contributed by atoms with van der Waals surface area (Å²) >= 11 is 0. The van der Waals surface area contributed by atoms with Gasteiger partial charge >= 0.3 is 9.24 Å². The predicted molar refractivity (Wildman–Crippen MR) is 44.8 cm³/mol. The molecule has 1 N–H and O–H groups in total. The van der Waals surface area contributed by atoms with Crippen molar-refractivity contribution in [2.45, 2.75) is 0 Å². The molecular weight excluding hydrogens is 224 g/mol. The summed E-state index contributed by atoms with van der Waals surface area (Å²) < 4.78 is 47.6. The number of hydrogen-bond donors (Lipinski definition) is 1. The van der Waals surface area contributed by atoms with Crippen LogP contribution in [-0.2, 0) is 9.24 Å². The van der Waals surface area contributed by atoms with Crippen LogP contribution in [-0.4, -0.2) is 8.42 Å². The Hall–Kier alpha value is -0.880. The lowest BCUT2D eigenvalue weighted by atomic mass is 10.3. The predicted octanol–water partition coefficient (Wildman–Crippen LogP) is 1.86. The topological polar surface area (TPSA) is 46.2 Å². The molecular formula is C6H4ClF2NO2S. The van der Waals surface area contributed by atoms with E-state index in [2.05, 4.69) is 0 Å². The molecule has 0 aliphatic heterocycles. The van der Waals surface area contributed by atoms with E-state index < -0.39 is 26.6 Å². The Bertz CT molecular complexity index is 421. The van der Waals surface area contributed by atoms with Crippen LogP contribution in [0, 0.1) is 11.6 Å². The molecule has 0 atom stereocenters. The van der Waals surface area contributed by atoms with Crippen molar-refractivity contribution in [3.05, 3.63) is 29.8 Å². The van der Waals surface area contributed by atoms with Gasteiger partial charge in [-0.1, -0.05) is 0 Å². The fourth-order valence-electron chi connectivity index (χ4n) is 0.704. The minimum atomic E-state index is -4.05. The number of rotatable bonds is 2. The lowest BCUT2D eigenvalue weighted by Gasteiger charge is -2.02. The first kappa shape index (κ1) is 10.2. The van der Waals surface area contributed by atoms with Crippen LogP contribution in [0.25, 0.3) is 0 Å². The molecule has 0 radical (unpaired) electrons. The van der Waals surface area contributed by atoms with Crippen molar-refractivity contribution in [2.75, 3.05) is 4.72 Å². The molecule has 3 nitrogen and oxygen atoms in total. The summed E-state index contributed by atoms with van der Waals surface area (Å²) in [4.78, 5) is 0. The summed E-state index contributed by atoms with van der Waals surface area (Å²) in [6, 6.07) is 2.39. The highest BCUT2D eigenvalue weighted by atomic mass is 35.7. The molecule has 0 aliphatic carbocycles. The van der Waals surface area contributed by atoms with E-state index in [1.807, 2.05) is 0 Å². The Balaban J connectivity index is 3.04. The Labute approximate surface area is 77.9 Å². The van der Waals surface area contributed by atoms with E-state index >= 15 is 0 Å². The van der Waals surface area contributed by atoms with Gasteiger partial charge in [0.1, 0.15) is 11.6 Å². The first-order valence-electron chi connectivity index (χ1n) is 3.06. The molecule has 0 fully saturated rings. The molecule has 0 unspecified atom stereocenters. The van der Waals surface area contributed by atoms with Crippen molar-refractivity contribution in [3.8, 4) is 0 Å². The Morgan fingerprint density at radius 2 is 1.92 bits per heavy atom. The van der Waals surface area contributed by atoms with Crippen LogP contribution in [0.1, 0.15) is 0 Å². The van der Waals surface area contributed by atoms with E-state index in [-0.39, 0.29) is 0 Å².